The van der Waals surface area contributed by atoms with Gasteiger partial charge in [0.1, 0.15) is 13.2 Å². The van der Waals surface area contributed by atoms with E-state index in [0.717, 1.165) is 29.7 Å². The summed E-state index contributed by atoms with van der Waals surface area (Å²) in [5.41, 5.74) is 1.83. The van der Waals surface area contributed by atoms with E-state index in [1.165, 1.54) is 12.5 Å². The van der Waals surface area contributed by atoms with Crippen LogP contribution in [0.5, 0.6) is 11.5 Å². The molecule has 1 N–H and O–H groups in total. The summed E-state index contributed by atoms with van der Waals surface area (Å²) in [5.74, 6) is 0.910. The number of ether oxygens (including phenoxy) is 2. The van der Waals surface area contributed by atoms with E-state index in [9.17, 15) is 4.79 Å². The smallest absolute Gasteiger partial charge is 0.328 e. The third-order valence-electron chi connectivity index (χ3n) is 3.70. The molecule has 4 nitrogen and oxygen atoms in total. The highest BCUT2D eigenvalue weighted by atomic mass is 16.6. The zero-order chi connectivity index (χ0) is 13.2. The Hall–Kier alpha value is -1.97. The summed E-state index contributed by atoms with van der Waals surface area (Å²) in [7, 11) is 0. The first-order valence-corrected chi connectivity index (χ1v) is 6.58. The highest BCUT2D eigenvalue weighted by Crippen LogP contribution is 2.41. The molecule has 2 aliphatic rings. The van der Waals surface area contributed by atoms with Gasteiger partial charge in [-0.15, -0.1) is 0 Å². The minimum absolute atomic E-state index is 0.360. The minimum atomic E-state index is -0.892. The molecular formula is C15H16O4. The molecule has 0 bridgehead atoms. The van der Waals surface area contributed by atoms with Gasteiger partial charge in [0.25, 0.3) is 0 Å². The number of carbonyl (C=O) groups is 1. The van der Waals surface area contributed by atoms with Gasteiger partial charge in [0, 0.05) is 6.08 Å². The number of aliphatic carboxylic acids is 1. The number of benzene rings is 1. The molecule has 19 heavy (non-hydrogen) atoms. The van der Waals surface area contributed by atoms with Crippen LogP contribution in [-0.2, 0) is 4.79 Å². The maximum Gasteiger partial charge on any atom is 0.328 e. The summed E-state index contributed by atoms with van der Waals surface area (Å²) in [4.78, 5) is 11.0. The number of carboxylic acid groups (broad SMARTS) is 1. The summed E-state index contributed by atoms with van der Waals surface area (Å²) < 4.78 is 11.0. The van der Waals surface area contributed by atoms with Crippen LogP contribution in [-0.4, -0.2) is 24.3 Å². The van der Waals surface area contributed by atoms with Gasteiger partial charge >= 0.3 is 5.97 Å². The molecule has 0 atom stereocenters. The first kappa shape index (κ1) is 12.1. The fraction of sp³-hybridized carbons (Fsp3) is 0.400. The largest absolute Gasteiger partial charge is 0.486 e. The molecule has 1 aromatic rings. The molecule has 0 aromatic heterocycles. The third-order valence-corrected chi connectivity index (χ3v) is 3.70. The van der Waals surface area contributed by atoms with Gasteiger partial charge in [-0.05, 0) is 42.0 Å². The highest BCUT2D eigenvalue weighted by molar-refractivity contribution is 5.91. The average Bonchev–Trinajstić information content (AvgIpc) is 2.35. The summed E-state index contributed by atoms with van der Waals surface area (Å²) in [6.07, 6.45) is 4.63. The molecule has 0 amide bonds. The third kappa shape index (κ3) is 2.43. The van der Waals surface area contributed by atoms with Crippen LogP contribution in [0.1, 0.15) is 24.8 Å². The van der Waals surface area contributed by atoms with E-state index in [-0.39, 0.29) is 0 Å². The van der Waals surface area contributed by atoms with Crippen LogP contribution < -0.4 is 9.47 Å². The standard InChI is InChI=1S/C15H16O4/c16-15(17)9-12(10-2-1-3-10)11-4-5-13-14(8-11)19-7-6-18-13/h4-5,8-10H,1-3,6-7H2,(H,16,17)/b12-9+. The van der Waals surface area contributed by atoms with E-state index < -0.39 is 5.97 Å². The van der Waals surface area contributed by atoms with Crippen LogP contribution in [0.4, 0.5) is 0 Å². The van der Waals surface area contributed by atoms with Crippen molar-refractivity contribution in [2.75, 3.05) is 13.2 Å². The summed E-state index contributed by atoms with van der Waals surface area (Å²) in [6.45, 7) is 1.10. The predicted molar refractivity (Wildman–Crippen MR) is 70.4 cm³/mol. The Labute approximate surface area is 111 Å². The molecule has 1 aliphatic carbocycles. The number of allylic oxidation sites excluding steroid dienone is 1. The molecule has 0 unspecified atom stereocenters. The quantitative estimate of drug-likeness (QED) is 0.849. The second-order valence-electron chi connectivity index (χ2n) is 4.92. The molecule has 1 fully saturated rings. The lowest BCUT2D eigenvalue weighted by molar-refractivity contribution is -0.131. The first-order chi connectivity index (χ1) is 9.24. The van der Waals surface area contributed by atoms with Crippen molar-refractivity contribution < 1.29 is 19.4 Å². The predicted octanol–water partition coefficient (Wildman–Crippen LogP) is 2.73. The van der Waals surface area contributed by atoms with Crippen molar-refractivity contribution in [3.63, 3.8) is 0 Å². The number of hydrogen-bond donors (Lipinski definition) is 1. The Bertz CT molecular complexity index is 529. The number of fused-ring (bicyclic) bond motifs is 1. The Morgan fingerprint density at radius 1 is 1.21 bits per heavy atom. The topological polar surface area (TPSA) is 55.8 Å². The monoisotopic (exact) mass is 260 g/mol. The van der Waals surface area contributed by atoms with Crippen LogP contribution in [0.3, 0.4) is 0 Å². The lowest BCUT2D eigenvalue weighted by Crippen LogP contribution is -2.17. The van der Waals surface area contributed by atoms with E-state index >= 15 is 0 Å². The Balaban J connectivity index is 1.95. The molecule has 3 rings (SSSR count). The van der Waals surface area contributed by atoms with Crippen molar-refractivity contribution in [2.45, 2.75) is 19.3 Å². The van der Waals surface area contributed by atoms with Crippen molar-refractivity contribution in [3.05, 3.63) is 29.8 Å². The molecule has 1 heterocycles. The highest BCUT2D eigenvalue weighted by Gasteiger charge is 2.25. The minimum Gasteiger partial charge on any atom is -0.486 e. The van der Waals surface area contributed by atoms with E-state index in [2.05, 4.69) is 0 Å². The summed E-state index contributed by atoms with van der Waals surface area (Å²) in [6, 6.07) is 5.67. The molecule has 0 spiro atoms. The first-order valence-electron chi connectivity index (χ1n) is 6.58. The van der Waals surface area contributed by atoms with Gasteiger partial charge in [0.2, 0.25) is 0 Å². The van der Waals surface area contributed by atoms with Gasteiger partial charge < -0.3 is 14.6 Å². The molecule has 4 heteroatoms. The summed E-state index contributed by atoms with van der Waals surface area (Å²) >= 11 is 0. The normalized spacial score (nSPS) is 18.8. The van der Waals surface area contributed by atoms with Crippen LogP contribution >= 0.6 is 0 Å². The fourth-order valence-electron chi connectivity index (χ4n) is 2.51. The van der Waals surface area contributed by atoms with E-state index in [1.54, 1.807) is 0 Å². The van der Waals surface area contributed by atoms with E-state index in [4.69, 9.17) is 14.6 Å². The van der Waals surface area contributed by atoms with Crippen LogP contribution in [0, 0.1) is 5.92 Å². The zero-order valence-corrected chi connectivity index (χ0v) is 10.6. The molecule has 1 aliphatic heterocycles. The fourth-order valence-corrected chi connectivity index (χ4v) is 2.51. The molecule has 0 saturated heterocycles. The van der Waals surface area contributed by atoms with Crippen LogP contribution in [0.15, 0.2) is 24.3 Å². The second kappa shape index (κ2) is 4.96. The maximum atomic E-state index is 11.0. The lowest BCUT2D eigenvalue weighted by atomic mass is 9.77. The Morgan fingerprint density at radius 3 is 2.58 bits per heavy atom. The second-order valence-corrected chi connectivity index (χ2v) is 4.92. The number of hydrogen-bond acceptors (Lipinski definition) is 3. The number of carboxylic acids is 1. The van der Waals surface area contributed by atoms with Crippen molar-refractivity contribution >= 4 is 11.5 Å². The lowest BCUT2D eigenvalue weighted by Gasteiger charge is -2.29. The Morgan fingerprint density at radius 2 is 1.95 bits per heavy atom. The van der Waals surface area contributed by atoms with E-state index in [0.29, 0.717) is 24.9 Å². The maximum absolute atomic E-state index is 11.0. The molecule has 1 saturated carbocycles. The van der Waals surface area contributed by atoms with Gasteiger partial charge in [0.05, 0.1) is 0 Å². The molecule has 100 valence electrons. The van der Waals surface area contributed by atoms with Gasteiger partial charge in [-0.25, -0.2) is 4.79 Å². The van der Waals surface area contributed by atoms with E-state index in [1.807, 2.05) is 18.2 Å². The SMILES string of the molecule is O=C(O)/C=C(/c1ccc2c(c1)OCCO2)C1CCC1. The van der Waals surface area contributed by atoms with Crippen molar-refractivity contribution in [1.29, 1.82) is 0 Å². The van der Waals surface area contributed by atoms with Gasteiger partial charge in [-0.1, -0.05) is 12.5 Å². The average molecular weight is 260 g/mol. The van der Waals surface area contributed by atoms with Crippen molar-refractivity contribution in [2.24, 2.45) is 5.92 Å². The summed E-state index contributed by atoms with van der Waals surface area (Å²) in [5, 5.41) is 9.02. The van der Waals surface area contributed by atoms with Gasteiger partial charge in [-0.3, -0.25) is 0 Å². The molecular weight excluding hydrogens is 244 g/mol. The number of rotatable bonds is 3. The van der Waals surface area contributed by atoms with Gasteiger partial charge in [-0.2, -0.15) is 0 Å². The molecule has 1 aromatic carbocycles. The van der Waals surface area contributed by atoms with Crippen molar-refractivity contribution in [1.82, 2.24) is 0 Å². The molecule has 0 radical (unpaired) electrons. The van der Waals surface area contributed by atoms with Crippen LogP contribution in [0.25, 0.3) is 5.57 Å². The zero-order valence-electron chi connectivity index (χ0n) is 10.6. The van der Waals surface area contributed by atoms with Crippen LogP contribution in [0.2, 0.25) is 0 Å². The van der Waals surface area contributed by atoms with Crippen molar-refractivity contribution in [3.8, 4) is 11.5 Å². The van der Waals surface area contributed by atoms with Gasteiger partial charge in [0.15, 0.2) is 11.5 Å². The Kier molecular flexibility index (Phi) is 3.15.